The molecule has 0 spiro atoms. The molecule has 0 amide bonds. The van der Waals surface area contributed by atoms with Crippen LogP contribution >= 0.6 is 0 Å². The van der Waals surface area contributed by atoms with E-state index in [1.807, 2.05) is 6.07 Å². The van der Waals surface area contributed by atoms with Crippen molar-refractivity contribution in [3.05, 3.63) is 87.3 Å². The summed E-state index contributed by atoms with van der Waals surface area (Å²) >= 11 is 0. The molecule has 2 aromatic carbocycles. The van der Waals surface area contributed by atoms with Crippen molar-refractivity contribution in [3.63, 3.8) is 0 Å². The van der Waals surface area contributed by atoms with Crippen molar-refractivity contribution in [2.75, 3.05) is 0 Å². The van der Waals surface area contributed by atoms with Gasteiger partial charge in [0, 0.05) is 11.3 Å². The summed E-state index contributed by atoms with van der Waals surface area (Å²) in [5.41, 5.74) is 2.24. The Bertz CT molecular complexity index is 1050. The highest BCUT2D eigenvalue weighted by Crippen LogP contribution is 2.24. The standard InChI is InChI=1S/C20H14F2N2O2/c1-12-9-15(16(10-23)20(25)24-12)14-7-5-13(6-8-14)11-26-18-4-2-3-17(21)19(18)22/h2-9H,11H2,1H3,(H,24,25). The van der Waals surface area contributed by atoms with Crippen LogP contribution in [0.3, 0.4) is 0 Å². The zero-order valence-corrected chi connectivity index (χ0v) is 13.8. The van der Waals surface area contributed by atoms with Gasteiger partial charge in [0.2, 0.25) is 5.82 Å². The van der Waals surface area contributed by atoms with E-state index in [1.165, 1.54) is 12.1 Å². The molecule has 1 aromatic heterocycles. The number of ether oxygens (including phenoxy) is 1. The van der Waals surface area contributed by atoms with Gasteiger partial charge >= 0.3 is 0 Å². The summed E-state index contributed by atoms with van der Waals surface area (Å²) in [7, 11) is 0. The number of H-pyrrole nitrogens is 1. The number of aromatic amines is 1. The van der Waals surface area contributed by atoms with Gasteiger partial charge in [-0.25, -0.2) is 4.39 Å². The van der Waals surface area contributed by atoms with Crippen molar-refractivity contribution in [1.82, 2.24) is 4.98 Å². The van der Waals surface area contributed by atoms with Gasteiger partial charge in [-0.15, -0.1) is 0 Å². The Balaban J connectivity index is 1.83. The smallest absolute Gasteiger partial charge is 0.266 e. The first-order valence-corrected chi connectivity index (χ1v) is 7.79. The van der Waals surface area contributed by atoms with E-state index in [0.29, 0.717) is 16.8 Å². The summed E-state index contributed by atoms with van der Waals surface area (Å²) in [5.74, 6) is -2.15. The summed E-state index contributed by atoms with van der Waals surface area (Å²) in [6, 6.07) is 14.4. The van der Waals surface area contributed by atoms with Gasteiger partial charge in [0.05, 0.1) is 0 Å². The second-order valence-corrected chi connectivity index (χ2v) is 5.72. The minimum absolute atomic E-state index is 0.0430. The minimum Gasteiger partial charge on any atom is -0.486 e. The lowest BCUT2D eigenvalue weighted by Gasteiger charge is -2.09. The highest BCUT2D eigenvalue weighted by molar-refractivity contribution is 5.70. The molecule has 1 heterocycles. The Morgan fingerprint density at radius 3 is 2.58 bits per heavy atom. The first-order valence-electron chi connectivity index (χ1n) is 7.79. The first kappa shape index (κ1) is 17.4. The van der Waals surface area contributed by atoms with Crippen LogP contribution in [0.5, 0.6) is 5.75 Å². The van der Waals surface area contributed by atoms with Crippen molar-refractivity contribution >= 4 is 0 Å². The summed E-state index contributed by atoms with van der Waals surface area (Å²) in [4.78, 5) is 14.5. The van der Waals surface area contributed by atoms with Crippen LogP contribution in [0.25, 0.3) is 11.1 Å². The Labute approximate surface area is 148 Å². The van der Waals surface area contributed by atoms with Gasteiger partial charge in [-0.05, 0) is 36.2 Å². The molecule has 0 unspecified atom stereocenters. The lowest BCUT2D eigenvalue weighted by Crippen LogP contribution is -2.12. The molecule has 3 aromatic rings. The number of nitrogens with one attached hydrogen (secondary N) is 1. The van der Waals surface area contributed by atoms with E-state index in [0.717, 1.165) is 11.6 Å². The molecule has 0 saturated heterocycles. The Morgan fingerprint density at radius 2 is 1.88 bits per heavy atom. The minimum atomic E-state index is -1.03. The summed E-state index contributed by atoms with van der Waals surface area (Å²) < 4.78 is 32.1. The molecular formula is C20H14F2N2O2. The van der Waals surface area contributed by atoms with Crippen LogP contribution in [0.1, 0.15) is 16.8 Å². The van der Waals surface area contributed by atoms with E-state index in [9.17, 15) is 18.8 Å². The van der Waals surface area contributed by atoms with Gasteiger partial charge in [-0.3, -0.25) is 4.79 Å². The molecule has 0 aliphatic heterocycles. The lowest BCUT2D eigenvalue weighted by molar-refractivity contribution is 0.284. The molecule has 0 atom stereocenters. The van der Waals surface area contributed by atoms with Gasteiger partial charge in [0.1, 0.15) is 18.2 Å². The fourth-order valence-corrected chi connectivity index (χ4v) is 2.56. The second-order valence-electron chi connectivity index (χ2n) is 5.72. The summed E-state index contributed by atoms with van der Waals surface area (Å²) in [5, 5.41) is 9.21. The van der Waals surface area contributed by atoms with Gasteiger partial charge in [0.15, 0.2) is 11.6 Å². The number of halogens is 2. The second kappa shape index (κ2) is 7.19. The fraction of sp³-hybridized carbons (Fsp3) is 0.100. The zero-order valence-electron chi connectivity index (χ0n) is 13.8. The number of aryl methyl sites for hydroxylation is 1. The monoisotopic (exact) mass is 352 g/mol. The average molecular weight is 352 g/mol. The number of nitrogens with zero attached hydrogens (tertiary/aromatic N) is 1. The van der Waals surface area contributed by atoms with Crippen LogP contribution in [0.2, 0.25) is 0 Å². The maximum Gasteiger partial charge on any atom is 0.266 e. The number of benzene rings is 2. The molecule has 0 radical (unpaired) electrons. The quantitative estimate of drug-likeness (QED) is 0.769. The predicted molar refractivity (Wildman–Crippen MR) is 92.6 cm³/mol. The summed E-state index contributed by atoms with van der Waals surface area (Å²) in [6.07, 6.45) is 0. The Hall–Kier alpha value is -3.46. The van der Waals surface area contributed by atoms with Crippen molar-refractivity contribution in [1.29, 1.82) is 5.26 Å². The number of hydrogen-bond donors (Lipinski definition) is 1. The number of hydrogen-bond acceptors (Lipinski definition) is 3. The molecule has 3 rings (SSSR count). The normalized spacial score (nSPS) is 10.4. The summed E-state index contributed by atoms with van der Waals surface area (Å²) in [6.45, 7) is 1.79. The molecule has 130 valence electrons. The largest absolute Gasteiger partial charge is 0.486 e. The third kappa shape index (κ3) is 3.47. The van der Waals surface area contributed by atoms with Crippen molar-refractivity contribution in [3.8, 4) is 22.9 Å². The SMILES string of the molecule is Cc1cc(-c2ccc(COc3cccc(F)c3F)cc2)c(C#N)c(=O)[nH]1. The topological polar surface area (TPSA) is 65.9 Å². The number of rotatable bonds is 4. The zero-order chi connectivity index (χ0) is 18.7. The molecule has 0 saturated carbocycles. The molecule has 26 heavy (non-hydrogen) atoms. The number of aromatic nitrogens is 1. The Morgan fingerprint density at radius 1 is 1.15 bits per heavy atom. The third-order valence-electron chi connectivity index (χ3n) is 3.86. The van der Waals surface area contributed by atoms with Gasteiger partial charge < -0.3 is 9.72 Å². The van der Waals surface area contributed by atoms with Crippen molar-refractivity contribution in [2.24, 2.45) is 0 Å². The number of pyridine rings is 1. The van der Waals surface area contributed by atoms with Crippen LogP contribution in [0.4, 0.5) is 8.78 Å². The highest BCUT2D eigenvalue weighted by Gasteiger charge is 2.11. The van der Waals surface area contributed by atoms with Crippen LogP contribution < -0.4 is 10.3 Å². The van der Waals surface area contributed by atoms with Crippen LogP contribution in [0.15, 0.2) is 53.3 Å². The molecule has 6 heteroatoms. The van der Waals surface area contributed by atoms with E-state index >= 15 is 0 Å². The third-order valence-corrected chi connectivity index (χ3v) is 3.86. The molecule has 0 bridgehead atoms. The van der Waals surface area contributed by atoms with E-state index in [-0.39, 0.29) is 17.9 Å². The van der Waals surface area contributed by atoms with E-state index in [1.54, 1.807) is 37.3 Å². The van der Waals surface area contributed by atoms with Crippen molar-refractivity contribution < 1.29 is 13.5 Å². The van der Waals surface area contributed by atoms with Gasteiger partial charge in [-0.2, -0.15) is 9.65 Å². The highest BCUT2D eigenvalue weighted by atomic mass is 19.2. The molecule has 1 N–H and O–H groups in total. The molecule has 0 fully saturated rings. The number of nitriles is 1. The van der Waals surface area contributed by atoms with Gasteiger partial charge in [0.25, 0.3) is 5.56 Å². The maximum absolute atomic E-state index is 13.6. The molecule has 0 aliphatic carbocycles. The predicted octanol–water partition coefficient (Wildman–Crippen LogP) is 4.08. The van der Waals surface area contributed by atoms with Crippen LogP contribution in [-0.2, 0) is 6.61 Å². The molecule has 0 aliphatic rings. The van der Waals surface area contributed by atoms with Gasteiger partial charge in [-0.1, -0.05) is 30.3 Å². The fourth-order valence-electron chi connectivity index (χ4n) is 2.56. The Kier molecular flexibility index (Phi) is 4.81. The molecule has 4 nitrogen and oxygen atoms in total. The van der Waals surface area contributed by atoms with Crippen LogP contribution in [0, 0.1) is 29.9 Å². The van der Waals surface area contributed by atoms with E-state index < -0.39 is 17.2 Å². The average Bonchev–Trinajstić information content (AvgIpc) is 2.63. The molecular weight excluding hydrogens is 338 g/mol. The van der Waals surface area contributed by atoms with Crippen molar-refractivity contribution in [2.45, 2.75) is 13.5 Å². The van der Waals surface area contributed by atoms with E-state index in [2.05, 4.69) is 4.98 Å². The maximum atomic E-state index is 13.6. The lowest BCUT2D eigenvalue weighted by atomic mass is 10.00. The van der Waals surface area contributed by atoms with E-state index in [4.69, 9.17) is 4.74 Å². The van der Waals surface area contributed by atoms with Crippen LogP contribution in [-0.4, -0.2) is 4.98 Å². The first-order chi connectivity index (χ1) is 12.5.